The zero-order valence-electron chi connectivity index (χ0n) is 27.2. The quantitative estimate of drug-likeness (QED) is 0.141. The summed E-state index contributed by atoms with van der Waals surface area (Å²) in [6.07, 6.45) is 7.55. The monoisotopic (exact) mass is 653 g/mol. The molecule has 1 aliphatic rings. The summed E-state index contributed by atoms with van der Waals surface area (Å²) in [4.78, 5) is 18.8. The maximum Gasteiger partial charge on any atom is 0.227 e. The third kappa shape index (κ3) is 11.2. The van der Waals surface area contributed by atoms with Crippen molar-refractivity contribution in [1.82, 2.24) is 15.1 Å². The van der Waals surface area contributed by atoms with Gasteiger partial charge in [0.05, 0.1) is 6.42 Å². The topological polar surface area (TPSA) is 87.6 Å². The number of nitrogens with one attached hydrogen (secondary N) is 1. The van der Waals surface area contributed by atoms with Crippen LogP contribution >= 0.6 is 23.2 Å². The predicted octanol–water partition coefficient (Wildman–Crippen LogP) is 6.69. The lowest BCUT2D eigenvalue weighted by Crippen LogP contribution is -2.62. The number of nitrogens with two attached hydrogens (primary N) is 2. The molecular weight excluding hydrogens is 601 g/mol. The van der Waals surface area contributed by atoms with Crippen LogP contribution in [0.5, 0.6) is 0 Å². The van der Waals surface area contributed by atoms with E-state index >= 15 is 0 Å². The standard InChI is InChI=1S/C37H53Cl2N5O/c1-27(2)19-35-25-43(24-33(41)22-31-14-15-32(38)23-36(31)39)34(11-8-18-42-17-7-3-6-16-40)26-44(35)37(45)21-28-12-13-29-9-4-5-10-30(29)20-28/h4-5,9-10,12-15,20,23,27,33-35,42H,3,6-8,11,16-19,21-22,24-26,40-41H2,1-2H3/t33-,34?,35-/m1/s1. The van der Waals surface area contributed by atoms with E-state index in [0.717, 1.165) is 82.5 Å². The fourth-order valence-electron chi connectivity index (χ4n) is 6.68. The van der Waals surface area contributed by atoms with E-state index < -0.39 is 0 Å². The first-order chi connectivity index (χ1) is 21.7. The van der Waals surface area contributed by atoms with E-state index in [0.29, 0.717) is 28.8 Å². The van der Waals surface area contributed by atoms with Crippen LogP contribution in [-0.2, 0) is 17.6 Å². The van der Waals surface area contributed by atoms with Gasteiger partial charge in [-0.2, -0.15) is 0 Å². The second kappa shape index (κ2) is 18.2. The summed E-state index contributed by atoms with van der Waals surface area (Å²) < 4.78 is 0. The summed E-state index contributed by atoms with van der Waals surface area (Å²) in [5, 5.41) is 7.27. The van der Waals surface area contributed by atoms with Crippen molar-refractivity contribution in [2.24, 2.45) is 17.4 Å². The van der Waals surface area contributed by atoms with Crippen LogP contribution in [0.4, 0.5) is 0 Å². The van der Waals surface area contributed by atoms with Crippen LogP contribution < -0.4 is 16.8 Å². The lowest BCUT2D eigenvalue weighted by Gasteiger charge is -2.48. The number of piperazine rings is 1. The molecule has 0 aromatic heterocycles. The van der Waals surface area contributed by atoms with E-state index in [1.54, 1.807) is 6.07 Å². The largest absolute Gasteiger partial charge is 0.337 e. The number of rotatable bonds is 17. The molecule has 1 fully saturated rings. The van der Waals surface area contributed by atoms with Crippen molar-refractivity contribution >= 4 is 39.9 Å². The molecule has 45 heavy (non-hydrogen) atoms. The first kappa shape index (κ1) is 35.7. The Labute approximate surface area is 280 Å². The molecule has 6 nitrogen and oxygen atoms in total. The Bertz CT molecular complexity index is 1350. The van der Waals surface area contributed by atoms with Gasteiger partial charge in [-0.15, -0.1) is 0 Å². The molecule has 4 rings (SSSR count). The Morgan fingerprint density at radius 3 is 2.47 bits per heavy atom. The molecule has 246 valence electrons. The molecule has 3 atom stereocenters. The fraction of sp³-hybridized carbons (Fsp3) is 0.541. The van der Waals surface area contributed by atoms with Crippen LogP contribution in [0.2, 0.25) is 10.0 Å². The Morgan fingerprint density at radius 1 is 0.933 bits per heavy atom. The second-order valence-corrected chi connectivity index (χ2v) is 14.1. The van der Waals surface area contributed by atoms with E-state index in [1.165, 1.54) is 17.2 Å². The number of nitrogens with zero attached hydrogens (tertiary/aromatic N) is 2. The molecule has 5 N–H and O–H groups in total. The van der Waals surface area contributed by atoms with Crippen LogP contribution in [0.15, 0.2) is 60.7 Å². The minimum atomic E-state index is -0.0774. The number of halogens is 2. The number of unbranched alkanes of at least 4 members (excludes halogenated alkanes) is 2. The van der Waals surface area contributed by atoms with Gasteiger partial charge in [-0.25, -0.2) is 0 Å². The van der Waals surface area contributed by atoms with Crippen molar-refractivity contribution in [1.29, 1.82) is 0 Å². The van der Waals surface area contributed by atoms with Gasteiger partial charge >= 0.3 is 0 Å². The molecular formula is C37H53Cl2N5O. The second-order valence-electron chi connectivity index (χ2n) is 13.2. The molecule has 1 heterocycles. The minimum Gasteiger partial charge on any atom is -0.337 e. The molecule has 0 bridgehead atoms. The molecule has 0 spiro atoms. The molecule has 8 heteroatoms. The molecule has 1 amide bonds. The highest BCUT2D eigenvalue weighted by Gasteiger charge is 2.36. The molecule has 1 saturated heterocycles. The van der Waals surface area contributed by atoms with Gasteiger partial charge in [0.25, 0.3) is 0 Å². The normalized spacial score (nSPS) is 18.2. The molecule has 1 unspecified atom stereocenters. The maximum absolute atomic E-state index is 14.0. The predicted molar refractivity (Wildman–Crippen MR) is 191 cm³/mol. The highest BCUT2D eigenvalue weighted by atomic mass is 35.5. The highest BCUT2D eigenvalue weighted by Crippen LogP contribution is 2.27. The summed E-state index contributed by atoms with van der Waals surface area (Å²) in [6.45, 7) is 9.57. The van der Waals surface area contributed by atoms with Crippen LogP contribution in [-0.4, -0.2) is 73.1 Å². The molecule has 0 saturated carbocycles. The number of fused-ring (bicyclic) bond motifs is 1. The zero-order valence-corrected chi connectivity index (χ0v) is 28.7. The Balaban J connectivity index is 1.46. The van der Waals surface area contributed by atoms with Crippen molar-refractivity contribution < 1.29 is 4.79 Å². The van der Waals surface area contributed by atoms with Gasteiger partial charge in [-0.3, -0.25) is 9.69 Å². The minimum absolute atomic E-state index is 0.0774. The summed E-state index contributed by atoms with van der Waals surface area (Å²) in [5.74, 6) is 0.699. The summed E-state index contributed by atoms with van der Waals surface area (Å²) in [6, 6.07) is 20.7. The Morgan fingerprint density at radius 2 is 1.71 bits per heavy atom. The molecule has 1 aliphatic heterocycles. The summed E-state index contributed by atoms with van der Waals surface area (Å²) in [7, 11) is 0. The number of amides is 1. The average molecular weight is 655 g/mol. The van der Waals surface area contributed by atoms with E-state index in [-0.39, 0.29) is 24.0 Å². The van der Waals surface area contributed by atoms with Gasteiger partial charge in [-0.05, 0) is 98.1 Å². The van der Waals surface area contributed by atoms with E-state index in [1.807, 2.05) is 12.1 Å². The van der Waals surface area contributed by atoms with E-state index in [9.17, 15) is 4.79 Å². The average Bonchev–Trinajstić information content (AvgIpc) is 3.00. The van der Waals surface area contributed by atoms with Crippen LogP contribution in [0, 0.1) is 5.92 Å². The van der Waals surface area contributed by atoms with Gasteiger partial charge in [0.2, 0.25) is 5.91 Å². The zero-order chi connectivity index (χ0) is 32.2. The molecule has 0 aliphatic carbocycles. The van der Waals surface area contributed by atoms with Gasteiger partial charge in [0.1, 0.15) is 0 Å². The number of carbonyl (C=O) groups excluding carboxylic acids is 1. The number of carbonyl (C=O) groups is 1. The Hall–Kier alpha value is -2.19. The van der Waals surface area contributed by atoms with Gasteiger partial charge < -0.3 is 21.7 Å². The SMILES string of the molecule is CC(C)C[C@@H]1CN(C[C@H](N)Cc2ccc(Cl)cc2Cl)C(CCCNCCCCCN)CN1C(=O)Cc1ccc2ccccc2c1. The third-order valence-electron chi connectivity index (χ3n) is 8.96. The van der Waals surface area contributed by atoms with Gasteiger partial charge in [0.15, 0.2) is 0 Å². The number of benzene rings is 3. The first-order valence-electron chi connectivity index (χ1n) is 16.8. The highest BCUT2D eigenvalue weighted by molar-refractivity contribution is 6.35. The van der Waals surface area contributed by atoms with Crippen molar-refractivity contribution in [3.05, 3.63) is 81.8 Å². The molecule has 3 aromatic carbocycles. The third-order valence-corrected chi connectivity index (χ3v) is 9.54. The van der Waals surface area contributed by atoms with Crippen LogP contribution in [0.3, 0.4) is 0 Å². The van der Waals surface area contributed by atoms with Gasteiger partial charge in [-0.1, -0.05) is 92.0 Å². The van der Waals surface area contributed by atoms with E-state index in [2.05, 4.69) is 71.4 Å². The lowest BCUT2D eigenvalue weighted by atomic mass is 9.94. The number of hydrogen-bond acceptors (Lipinski definition) is 5. The van der Waals surface area contributed by atoms with E-state index in [4.69, 9.17) is 34.7 Å². The van der Waals surface area contributed by atoms with Crippen LogP contribution in [0.25, 0.3) is 10.8 Å². The smallest absolute Gasteiger partial charge is 0.227 e. The summed E-state index contributed by atoms with van der Waals surface area (Å²) in [5.41, 5.74) is 14.5. The fourth-order valence-corrected chi connectivity index (χ4v) is 7.16. The first-order valence-corrected chi connectivity index (χ1v) is 17.6. The Kier molecular flexibility index (Phi) is 14.4. The number of hydrogen-bond donors (Lipinski definition) is 3. The van der Waals surface area contributed by atoms with Crippen molar-refractivity contribution in [3.8, 4) is 0 Å². The van der Waals surface area contributed by atoms with Crippen molar-refractivity contribution in [2.75, 3.05) is 39.3 Å². The summed E-state index contributed by atoms with van der Waals surface area (Å²) >= 11 is 12.6. The molecule has 0 radical (unpaired) electrons. The van der Waals surface area contributed by atoms with Crippen molar-refractivity contribution in [3.63, 3.8) is 0 Å². The maximum atomic E-state index is 14.0. The van der Waals surface area contributed by atoms with Crippen LogP contribution in [0.1, 0.15) is 63.5 Å². The molecule has 3 aromatic rings. The van der Waals surface area contributed by atoms with Gasteiger partial charge in [0, 0.05) is 47.8 Å². The lowest BCUT2D eigenvalue weighted by molar-refractivity contribution is -0.138. The van der Waals surface area contributed by atoms with Crippen molar-refractivity contribution in [2.45, 2.75) is 83.3 Å².